The minimum atomic E-state index is 0.00901. The number of nitrogens with two attached hydrogens (primary N) is 1. The van der Waals surface area contributed by atoms with E-state index >= 15 is 0 Å². The van der Waals surface area contributed by atoms with Gasteiger partial charge >= 0.3 is 0 Å². The molecule has 0 saturated carbocycles. The topological polar surface area (TPSA) is 49.0 Å². The molecule has 0 spiro atoms. The number of quaternary nitrogens is 1. The molecule has 0 aromatic heterocycles. The predicted molar refractivity (Wildman–Crippen MR) is 103 cm³/mol. The van der Waals surface area contributed by atoms with E-state index in [0.29, 0.717) is 6.54 Å². The molecule has 1 heterocycles. The quantitative estimate of drug-likeness (QED) is 0.833. The summed E-state index contributed by atoms with van der Waals surface area (Å²) in [6.07, 6.45) is 2.53. The van der Waals surface area contributed by atoms with E-state index in [0.717, 1.165) is 29.4 Å². The summed E-state index contributed by atoms with van der Waals surface area (Å²) in [5.41, 5.74) is 3.24. The predicted octanol–water partition coefficient (Wildman–Crippen LogP) is 3.20. The fraction of sp³-hybridized carbons (Fsp3) is 0.350. The summed E-state index contributed by atoms with van der Waals surface area (Å²) < 4.78 is 0. The van der Waals surface area contributed by atoms with Crippen molar-refractivity contribution in [2.24, 2.45) is 0 Å². The van der Waals surface area contributed by atoms with Gasteiger partial charge in [-0.15, -0.1) is 0 Å². The van der Waals surface area contributed by atoms with E-state index in [4.69, 9.17) is 11.6 Å². The van der Waals surface area contributed by atoms with Crippen molar-refractivity contribution in [3.8, 4) is 0 Å². The van der Waals surface area contributed by atoms with E-state index in [9.17, 15) is 4.79 Å². The molecule has 3 N–H and O–H groups in total. The van der Waals surface area contributed by atoms with Gasteiger partial charge in [0, 0.05) is 35.1 Å². The highest BCUT2D eigenvalue weighted by Crippen LogP contribution is 2.22. The Labute approximate surface area is 154 Å². The third-order valence-corrected chi connectivity index (χ3v) is 4.93. The molecular weight excluding hydrogens is 334 g/mol. The summed E-state index contributed by atoms with van der Waals surface area (Å²) >= 11 is 5.91. The number of hydrogen-bond donors (Lipinski definition) is 2. The average molecular weight is 359 g/mol. The van der Waals surface area contributed by atoms with Crippen LogP contribution in [-0.4, -0.2) is 25.5 Å². The molecule has 132 valence electrons. The maximum absolute atomic E-state index is 12.2. The van der Waals surface area contributed by atoms with Crippen LogP contribution in [0.1, 0.15) is 31.4 Å². The van der Waals surface area contributed by atoms with Crippen LogP contribution in [0.15, 0.2) is 48.5 Å². The lowest BCUT2D eigenvalue weighted by atomic mass is 10.1. The third kappa shape index (κ3) is 4.97. The number of rotatable bonds is 6. The zero-order valence-corrected chi connectivity index (χ0v) is 15.3. The lowest BCUT2D eigenvalue weighted by Crippen LogP contribution is -2.86. The molecule has 1 atom stereocenters. The van der Waals surface area contributed by atoms with Gasteiger partial charge in [0.2, 0.25) is 0 Å². The number of carbonyl (C=O) groups is 1. The zero-order valence-electron chi connectivity index (χ0n) is 14.5. The summed E-state index contributed by atoms with van der Waals surface area (Å²) in [6.45, 7) is 4.73. The summed E-state index contributed by atoms with van der Waals surface area (Å²) in [5, 5.41) is 5.72. The van der Waals surface area contributed by atoms with Gasteiger partial charge in [0.1, 0.15) is 6.04 Å². The molecule has 1 aliphatic heterocycles. The van der Waals surface area contributed by atoms with Crippen molar-refractivity contribution in [2.75, 3.05) is 29.9 Å². The summed E-state index contributed by atoms with van der Waals surface area (Å²) in [6, 6.07) is 16.1. The Morgan fingerprint density at radius 2 is 1.76 bits per heavy atom. The number of amides is 1. The van der Waals surface area contributed by atoms with E-state index in [2.05, 4.69) is 29.3 Å². The number of carbonyl (C=O) groups excluding carboxylic acids is 1. The van der Waals surface area contributed by atoms with Crippen LogP contribution >= 0.6 is 11.6 Å². The number of hydrogen-bond acceptors (Lipinski definition) is 2. The molecule has 0 bridgehead atoms. The number of nitrogens with one attached hydrogen (secondary N) is 1. The largest absolute Gasteiger partial charge is 0.372 e. The molecule has 1 aliphatic rings. The van der Waals surface area contributed by atoms with Gasteiger partial charge in [-0.2, -0.15) is 0 Å². The van der Waals surface area contributed by atoms with E-state index in [1.54, 1.807) is 0 Å². The Kier molecular flexibility index (Phi) is 5.95. The van der Waals surface area contributed by atoms with Crippen molar-refractivity contribution in [2.45, 2.75) is 25.8 Å². The first kappa shape index (κ1) is 17.8. The maximum atomic E-state index is 12.2. The lowest BCUT2D eigenvalue weighted by molar-refractivity contribution is -0.682. The van der Waals surface area contributed by atoms with Gasteiger partial charge in [0.15, 0.2) is 6.54 Å². The minimum absolute atomic E-state index is 0.00901. The van der Waals surface area contributed by atoms with Gasteiger partial charge in [0.25, 0.3) is 5.91 Å². The number of halogens is 1. The van der Waals surface area contributed by atoms with Crippen molar-refractivity contribution in [1.82, 2.24) is 0 Å². The average Bonchev–Trinajstić information content (AvgIpc) is 3.15. The Morgan fingerprint density at radius 3 is 2.40 bits per heavy atom. The second kappa shape index (κ2) is 8.37. The molecule has 5 heteroatoms. The van der Waals surface area contributed by atoms with Crippen molar-refractivity contribution >= 4 is 28.9 Å². The Hall–Kier alpha value is -2.04. The summed E-state index contributed by atoms with van der Waals surface area (Å²) in [5.74, 6) is 0.00901. The van der Waals surface area contributed by atoms with Gasteiger partial charge < -0.3 is 15.5 Å². The first-order valence-electron chi connectivity index (χ1n) is 8.85. The van der Waals surface area contributed by atoms with Gasteiger partial charge in [-0.25, -0.2) is 0 Å². The van der Waals surface area contributed by atoms with Crippen molar-refractivity contribution in [1.29, 1.82) is 0 Å². The summed E-state index contributed by atoms with van der Waals surface area (Å²) in [4.78, 5) is 14.6. The standard InChI is InChI=1S/C20H24ClN3O/c1-15(16-4-6-17(21)7-5-16)22-14-20(25)23-18-8-10-19(11-9-18)24-12-2-3-13-24/h4-11,15,22H,2-3,12-14H2,1H3,(H,23,25)/p+1/t15-/m0/s1. The minimum Gasteiger partial charge on any atom is -0.372 e. The van der Waals surface area contributed by atoms with Crippen molar-refractivity contribution in [3.05, 3.63) is 59.1 Å². The zero-order chi connectivity index (χ0) is 17.6. The van der Waals surface area contributed by atoms with Crippen LogP contribution in [0.5, 0.6) is 0 Å². The fourth-order valence-corrected chi connectivity index (χ4v) is 3.26. The van der Waals surface area contributed by atoms with Crippen LogP contribution in [0.4, 0.5) is 11.4 Å². The number of nitrogens with zero attached hydrogens (tertiary/aromatic N) is 1. The molecule has 1 amide bonds. The fourth-order valence-electron chi connectivity index (χ4n) is 3.13. The molecule has 0 aliphatic carbocycles. The van der Waals surface area contributed by atoms with Crippen molar-refractivity contribution in [3.63, 3.8) is 0 Å². The van der Waals surface area contributed by atoms with Crippen LogP contribution < -0.4 is 15.5 Å². The molecule has 1 saturated heterocycles. The van der Waals surface area contributed by atoms with Gasteiger partial charge in [-0.05, 0) is 56.2 Å². The highest BCUT2D eigenvalue weighted by Gasteiger charge is 2.13. The van der Waals surface area contributed by atoms with E-state index in [-0.39, 0.29) is 11.9 Å². The molecule has 0 unspecified atom stereocenters. The molecule has 3 rings (SSSR count). The Morgan fingerprint density at radius 1 is 1.12 bits per heavy atom. The second-order valence-corrected chi connectivity index (χ2v) is 7.01. The first-order chi connectivity index (χ1) is 12.1. The molecule has 2 aromatic carbocycles. The SMILES string of the molecule is C[C@H]([NH2+]CC(=O)Nc1ccc(N2CCCC2)cc1)c1ccc(Cl)cc1. The maximum Gasteiger partial charge on any atom is 0.279 e. The van der Waals surface area contributed by atoms with Crippen LogP contribution in [-0.2, 0) is 4.79 Å². The van der Waals surface area contributed by atoms with E-state index in [1.807, 2.05) is 41.7 Å². The third-order valence-electron chi connectivity index (χ3n) is 4.67. The molecule has 25 heavy (non-hydrogen) atoms. The molecule has 2 aromatic rings. The Balaban J connectivity index is 1.47. The van der Waals surface area contributed by atoms with Crippen LogP contribution in [0.25, 0.3) is 0 Å². The molecule has 0 radical (unpaired) electrons. The van der Waals surface area contributed by atoms with Gasteiger partial charge in [-0.1, -0.05) is 23.7 Å². The lowest BCUT2D eigenvalue weighted by Gasteiger charge is -2.17. The highest BCUT2D eigenvalue weighted by molar-refractivity contribution is 6.30. The number of anilines is 2. The summed E-state index contributed by atoms with van der Waals surface area (Å²) in [7, 11) is 0. The normalized spacial score (nSPS) is 15.2. The smallest absolute Gasteiger partial charge is 0.279 e. The first-order valence-corrected chi connectivity index (χ1v) is 9.23. The van der Waals surface area contributed by atoms with Crippen LogP contribution in [0, 0.1) is 0 Å². The Bertz CT molecular complexity index is 694. The highest BCUT2D eigenvalue weighted by atomic mass is 35.5. The van der Waals surface area contributed by atoms with Crippen LogP contribution in [0.2, 0.25) is 5.02 Å². The molecule has 4 nitrogen and oxygen atoms in total. The van der Waals surface area contributed by atoms with Crippen molar-refractivity contribution < 1.29 is 10.1 Å². The molecule has 1 fully saturated rings. The monoisotopic (exact) mass is 358 g/mol. The molecular formula is C20H25ClN3O+. The van der Waals surface area contributed by atoms with Crippen LogP contribution in [0.3, 0.4) is 0 Å². The van der Waals surface area contributed by atoms with Gasteiger partial charge in [-0.3, -0.25) is 4.79 Å². The van der Waals surface area contributed by atoms with E-state index in [1.165, 1.54) is 18.5 Å². The van der Waals surface area contributed by atoms with E-state index < -0.39 is 0 Å². The second-order valence-electron chi connectivity index (χ2n) is 6.57. The van der Waals surface area contributed by atoms with Gasteiger partial charge in [0.05, 0.1) is 0 Å². The number of benzene rings is 2.